The van der Waals surface area contributed by atoms with Crippen LogP contribution in [0.25, 0.3) is 0 Å². The van der Waals surface area contributed by atoms with E-state index in [0.29, 0.717) is 0 Å². The Labute approximate surface area is 205 Å². The van der Waals surface area contributed by atoms with Crippen molar-refractivity contribution in [2.45, 2.75) is 46.3 Å². The molecule has 0 aliphatic rings. The third-order valence-corrected chi connectivity index (χ3v) is 6.82. The number of hydrogen-bond acceptors (Lipinski definition) is 4. The van der Waals surface area contributed by atoms with Crippen LogP contribution in [0.1, 0.15) is 31.9 Å². The number of amides is 2. The zero-order valence-corrected chi connectivity index (χ0v) is 21.6. The van der Waals surface area contributed by atoms with Gasteiger partial charge in [0.15, 0.2) is 0 Å². The summed E-state index contributed by atoms with van der Waals surface area (Å²) in [6, 6.07) is 11.0. The lowest BCUT2D eigenvalue weighted by Gasteiger charge is -2.32. The molecule has 0 fully saturated rings. The van der Waals surface area contributed by atoms with Gasteiger partial charge < -0.3 is 10.2 Å². The number of carbonyl (C=O) groups is 2. The van der Waals surface area contributed by atoms with E-state index in [1.54, 1.807) is 6.92 Å². The monoisotopic (exact) mass is 513 g/mol. The molecule has 1 N–H and O–H groups in total. The van der Waals surface area contributed by atoms with Crippen molar-refractivity contribution < 1.29 is 18.0 Å². The Morgan fingerprint density at radius 1 is 1.00 bits per heavy atom. The van der Waals surface area contributed by atoms with Gasteiger partial charge in [0.2, 0.25) is 21.8 Å². The Bertz CT molecular complexity index is 1110. The molecular formula is C23H29Cl2N3O4S. The zero-order chi connectivity index (χ0) is 24.9. The standard InChI is InChI=1S/C23H29Cl2N3O4S/c1-15(2)26-23(30)17(4)27(13-18-8-6-16(3)7-9-18)22(29)14-28(33(5,31)32)19-10-11-20(24)21(25)12-19/h6-12,15,17H,13-14H2,1-5H3,(H,26,30). The highest BCUT2D eigenvalue weighted by Gasteiger charge is 2.30. The Hall–Kier alpha value is -2.29. The molecule has 0 aliphatic carbocycles. The van der Waals surface area contributed by atoms with Crippen LogP contribution in [0.4, 0.5) is 5.69 Å². The van der Waals surface area contributed by atoms with Crippen molar-refractivity contribution in [3.05, 3.63) is 63.6 Å². The van der Waals surface area contributed by atoms with Gasteiger partial charge in [0.1, 0.15) is 12.6 Å². The summed E-state index contributed by atoms with van der Waals surface area (Å²) in [5.74, 6) is -0.857. The van der Waals surface area contributed by atoms with Crippen LogP contribution in [0, 0.1) is 6.92 Å². The van der Waals surface area contributed by atoms with Gasteiger partial charge in [-0.2, -0.15) is 0 Å². The number of sulfonamides is 1. The molecule has 0 aliphatic heterocycles. The maximum atomic E-state index is 13.4. The van der Waals surface area contributed by atoms with Crippen molar-refractivity contribution in [3.63, 3.8) is 0 Å². The van der Waals surface area contributed by atoms with Crippen molar-refractivity contribution in [1.82, 2.24) is 10.2 Å². The first-order chi connectivity index (χ1) is 15.3. The smallest absolute Gasteiger partial charge is 0.244 e. The number of anilines is 1. The highest BCUT2D eigenvalue weighted by molar-refractivity contribution is 7.92. The molecule has 0 bridgehead atoms. The lowest BCUT2D eigenvalue weighted by molar-refractivity contribution is -0.139. The molecule has 33 heavy (non-hydrogen) atoms. The molecule has 0 heterocycles. The van der Waals surface area contributed by atoms with Crippen LogP contribution in [0.15, 0.2) is 42.5 Å². The summed E-state index contributed by atoms with van der Waals surface area (Å²) >= 11 is 12.0. The van der Waals surface area contributed by atoms with Gasteiger partial charge in [-0.05, 0) is 51.5 Å². The third-order valence-electron chi connectivity index (χ3n) is 4.94. The molecular weight excluding hydrogens is 485 g/mol. The molecule has 180 valence electrons. The van der Waals surface area contributed by atoms with Crippen LogP contribution >= 0.6 is 23.2 Å². The van der Waals surface area contributed by atoms with E-state index in [-0.39, 0.29) is 34.2 Å². The van der Waals surface area contributed by atoms with Crippen LogP contribution in [0.5, 0.6) is 0 Å². The molecule has 10 heteroatoms. The van der Waals surface area contributed by atoms with Crippen molar-refractivity contribution in [2.75, 3.05) is 17.1 Å². The predicted octanol–water partition coefficient (Wildman–Crippen LogP) is 4.01. The molecule has 0 radical (unpaired) electrons. The number of nitrogens with one attached hydrogen (secondary N) is 1. The van der Waals surface area contributed by atoms with Gasteiger partial charge in [-0.15, -0.1) is 0 Å². The topological polar surface area (TPSA) is 86.8 Å². The Balaban J connectivity index is 2.40. The van der Waals surface area contributed by atoms with Crippen molar-refractivity contribution in [1.29, 1.82) is 0 Å². The lowest BCUT2D eigenvalue weighted by Crippen LogP contribution is -2.52. The van der Waals surface area contributed by atoms with Crippen LogP contribution in [0.2, 0.25) is 10.0 Å². The molecule has 1 unspecified atom stereocenters. The van der Waals surface area contributed by atoms with Crippen LogP contribution in [0.3, 0.4) is 0 Å². The number of carbonyl (C=O) groups excluding carboxylic acids is 2. The summed E-state index contributed by atoms with van der Waals surface area (Å²) in [5.41, 5.74) is 2.08. The Morgan fingerprint density at radius 3 is 2.12 bits per heavy atom. The molecule has 2 aromatic rings. The van der Waals surface area contributed by atoms with Gasteiger partial charge in [0.25, 0.3) is 0 Å². The van der Waals surface area contributed by atoms with Gasteiger partial charge in [-0.25, -0.2) is 8.42 Å². The number of hydrogen-bond donors (Lipinski definition) is 1. The molecule has 2 aromatic carbocycles. The van der Waals surface area contributed by atoms with E-state index >= 15 is 0 Å². The second-order valence-electron chi connectivity index (χ2n) is 8.21. The minimum atomic E-state index is -3.84. The fourth-order valence-electron chi connectivity index (χ4n) is 3.13. The van der Waals surface area contributed by atoms with E-state index in [0.717, 1.165) is 21.7 Å². The van der Waals surface area contributed by atoms with E-state index in [9.17, 15) is 18.0 Å². The highest BCUT2D eigenvalue weighted by atomic mass is 35.5. The largest absolute Gasteiger partial charge is 0.352 e. The second-order valence-corrected chi connectivity index (χ2v) is 10.9. The van der Waals surface area contributed by atoms with E-state index in [4.69, 9.17) is 23.2 Å². The van der Waals surface area contributed by atoms with Gasteiger partial charge in [0, 0.05) is 12.6 Å². The quantitative estimate of drug-likeness (QED) is 0.548. The molecule has 0 saturated heterocycles. The number of aryl methyl sites for hydroxylation is 1. The van der Waals surface area contributed by atoms with Gasteiger partial charge in [-0.1, -0.05) is 53.0 Å². The predicted molar refractivity (Wildman–Crippen MR) is 133 cm³/mol. The maximum Gasteiger partial charge on any atom is 0.244 e. The average Bonchev–Trinajstić information content (AvgIpc) is 2.71. The Kier molecular flexibility index (Phi) is 9.17. The lowest BCUT2D eigenvalue weighted by atomic mass is 10.1. The summed E-state index contributed by atoms with van der Waals surface area (Å²) in [6.45, 7) is 6.87. The molecule has 2 rings (SSSR count). The molecule has 1 atom stereocenters. The number of rotatable bonds is 9. The summed E-state index contributed by atoms with van der Waals surface area (Å²) in [5, 5.41) is 3.23. The average molecular weight is 514 g/mol. The molecule has 2 amide bonds. The summed E-state index contributed by atoms with van der Waals surface area (Å²) in [4.78, 5) is 27.5. The molecule has 0 aromatic heterocycles. The number of nitrogens with zero attached hydrogens (tertiary/aromatic N) is 2. The van der Waals surface area contributed by atoms with Crippen molar-refractivity contribution in [3.8, 4) is 0 Å². The fraction of sp³-hybridized carbons (Fsp3) is 0.391. The second kappa shape index (κ2) is 11.2. The number of benzene rings is 2. The molecule has 0 saturated carbocycles. The van der Waals surface area contributed by atoms with E-state index in [1.807, 2.05) is 45.0 Å². The summed E-state index contributed by atoms with van der Waals surface area (Å²) < 4.78 is 26.0. The van der Waals surface area contributed by atoms with E-state index < -0.39 is 28.5 Å². The summed E-state index contributed by atoms with van der Waals surface area (Å²) in [6.07, 6.45) is 1.00. The normalized spacial score (nSPS) is 12.4. The first-order valence-electron chi connectivity index (χ1n) is 10.4. The third kappa shape index (κ3) is 7.62. The van der Waals surface area contributed by atoms with E-state index in [2.05, 4.69) is 5.32 Å². The van der Waals surface area contributed by atoms with E-state index in [1.165, 1.54) is 23.1 Å². The molecule has 0 spiro atoms. The zero-order valence-electron chi connectivity index (χ0n) is 19.3. The first kappa shape index (κ1) is 27.0. The van der Waals surface area contributed by atoms with Crippen LogP contribution in [-0.4, -0.2) is 50.0 Å². The molecule has 7 nitrogen and oxygen atoms in total. The van der Waals surface area contributed by atoms with Crippen LogP contribution < -0.4 is 9.62 Å². The van der Waals surface area contributed by atoms with Crippen molar-refractivity contribution in [2.24, 2.45) is 0 Å². The first-order valence-corrected chi connectivity index (χ1v) is 13.0. The van der Waals surface area contributed by atoms with Gasteiger partial charge in [-0.3, -0.25) is 13.9 Å². The minimum absolute atomic E-state index is 0.111. The minimum Gasteiger partial charge on any atom is -0.352 e. The van der Waals surface area contributed by atoms with Crippen LogP contribution in [-0.2, 0) is 26.2 Å². The maximum absolute atomic E-state index is 13.4. The van der Waals surface area contributed by atoms with Crippen molar-refractivity contribution >= 4 is 50.7 Å². The Morgan fingerprint density at radius 2 is 1.61 bits per heavy atom. The van der Waals surface area contributed by atoms with Gasteiger partial charge >= 0.3 is 0 Å². The fourth-order valence-corrected chi connectivity index (χ4v) is 4.27. The SMILES string of the molecule is Cc1ccc(CN(C(=O)CN(c2ccc(Cl)c(Cl)c2)S(C)(=O)=O)C(C)C(=O)NC(C)C)cc1. The number of halogens is 2. The summed E-state index contributed by atoms with van der Waals surface area (Å²) in [7, 11) is -3.84. The van der Waals surface area contributed by atoms with Gasteiger partial charge in [0.05, 0.1) is 22.0 Å². The highest BCUT2D eigenvalue weighted by Crippen LogP contribution is 2.28.